The Morgan fingerprint density at radius 2 is 1.00 bits per heavy atom. The van der Waals surface area contributed by atoms with Gasteiger partial charge in [0.2, 0.25) is 0 Å². The summed E-state index contributed by atoms with van der Waals surface area (Å²) in [4.78, 5) is 0. The highest BCUT2D eigenvalue weighted by Gasteiger charge is 2.30. The van der Waals surface area contributed by atoms with E-state index in [9.17, 15) is 10.5 Å². The van der Waals surface area contributed by atoms with Crippen molar-refractivity contribution in [2.75, 3.05) is 0 Å². The van der Waals surface area contributed by atoms with Crippen LogP contribution < -0.4 is 0 Å². The molecule has 0 radical (unpaired) electrons. The fourth-order valence-corrected chi connectivity index (χ4v) is 7.47. The van der Waals surface area contributed by atoms with Crippen LogP contribution in [0.5, 0.6) is 0 Å². The van der Waals surface area contributed by atoms with E-state index in [0.717, 1.165) is 16.7 Å². The summed E-state index contributed by atoms with van der Waals surface area (Å²) in [7, 11) is 0. The third-order valence-corrected chi connectivity index (χ3v) is 9.78. The number of nitriles is 2. The summed E-state index contributed by atoms with van der Waals surface area (Å²) in [5.41, 5.74) is 15.7. The lowest BCUT2D eigenvalue weighted by atomic mass is 9.87. The molecule has 8 aromatic rings. The molecule has 0 saturated carbocycles. The van der Waals surface area contributed by atoms with Crippen LogP contribution in [-0.2, 0) is 0 Å². The van der Waals surface area contributed by atoms with Gasteiger partial charge in [-0.25, -0.2) is 0 Å². The smallest absolute Gasteiger partial charge is 0.0991 e. The maximum absolute atomic E-state index is 9.35. The minimum atomic E-state index is 0.126. The van der Waals surface area contributed by atoms with Crippen molar-refractivity contribution in [2.24, 2.45) is 0 Å². The predicted octanol–water partition coefficient (Wildman–Crippen LogP) is 11.0. The third-order valence-electron chi connectivity index (χ3n) is 9.78. The van der Waals surface area contributed by atoms with Gasteiger partial charge in [0, 0.05) is 22.4 Å². The molecular formula is C45H27N3. The number of hydrogen-bond donors (Lipinski definition) is 0. The molecule has 3 nitrogen and oxygen atoms in total. The zero-order valence-corrected chi connectivity index (χ0v) is 25.9. The molecule has 9 rings (SSSR count). The van der Waals surface area contributed by atoms with Crippen molar-refractivity contribution in [3.05, 3.63) is 186 Å². The molecule has 1 atom stereocenters. The van der Waals surface area contributed by atoms with Crippen LogP contribution in [0.4, 0.5) is 0 Å². The second kappa shape index (κ2) is 11.0. The average Bonchev–Trinajstić information content (AvgIpc) is 3.67. The van der Waals surface area contributed by atoms with Crippen molar-refractivity contribution in [1.29, 1.82) is 10.5 Å². The number of aromatic nitrogens is 1. The minimum absolute atomic E-state index is 0.126. The first kappa shape index (κ1) is 27.6. The van der Waals surface area contributed by atoms with Gasteiger partial charge in [-0.15, -0.1) is 0 Å². The molecule has 1 unspecified atom stereocenters. The lowest BCUT2D eigenvalue weighted by Gasteiger charge is -2.15. The molecule has 1 heterocycles. The second-order valence-electron chi connectivity index (χ2n) is 12.4. The Morgan fingerprint density at radius 1 is 0.438 bits per heavy atom. The van der Waals surface area contributed by atoms with Crippen LogP contribution in [0.15, 0.2) is 158 Å². The van der Waals surface area contributed by atoms with Gasteiger partial charge >= 0.3 is 0 Å². The van der Waals surface area contributed by atoms with Gasteiger partial charge in [-0.05, 0) is 111 Å². The predicted molar refractivity (Wildman–Crippen MR) is 194 cm³/mol. The normalized spacial score (nSPS) is 13.2. The highest BCUT2D eigenvalue weighted by Crippen LogP contribution is 2.49. The van der Waals surface area contributed by atoms with E-state index in [1.165, 1.54) is 60.8 Å². The molecule has 0 spiro atoms. The van der Waals surface area contributed by atoms with E-state index in [2.05, 4.69) is 138 Å². The maximum Gasteiger partial charge on any atom is 0.0991 e. The Bertz CT molecular complexity index is 2610. The molecular weight excluding hydrogens is 583 g/mol. The molecule has 0 bridgehead atoms. The fourth-order valence-electron chi connectivity index (χ4n) is 7.47. The number of benzene rings is 7. The summed E-state index contributed by atoms with van der Waals surface area (Å²) >= 11 is 0. The van der Waals surface area contributed by atoms with Gasteiger partial charge in [0.1, 0.15) is 0 Å². The Hall–Kier alpha value is -6.68. The van der Waals surface area contributed by atoms with Crippen molar-refractivity contribution in [2.45, 2.75) is 5.92 Å². The van der Waals surface area contributed by atoms with Crippen LogP contribution >= 0.6 is 0 Å². The zero-order chi connectivity index (χ0) is 32.2. The zero-order valence-electron chi connectivity index (χ0n) is 25.9. The summed E-state index contributed by atoms with van der Waals surface area (Å²) in [5.74, 6) is 0.126. The molecule has 48 heavy (non-hydrogen) atoms. The summed E-state index contributed by atoms with van der Waals surface area (Å²) < 4.78 is 2.27. The molecule has 1 aliphatic carbocycles. The molecule has 7 aromatic carbocycles. The van der Waals surface area contributed by atoms with Crippen LogP contribution in [0.3, 0.4) is 0 Å². The topological polar surface area (TPSA) is 52.5 Å². The van der Waals surface area contributed by atoms with Gasteiger partial charge in [0.25, 0.3) is 0 Å². The third kappa shape index (κ3) is 4.34. The van der Waals surface area contributed by atoms with Crippen molar-refractivity contribution in [1.82, 2.24) is 4.57 Å². The van der Waals surface area contributed by atoms with E-state index >= 15 is 0 Å². The van der Waals surface area contributed by atoms with Gasteiger partial charge < -0.3 is 4.57 Å². The first-order chi connectivity index (χ1) is 23.7. The Morgan fingerprint density at radius 3 is 1.73 bits per heavy atom. The summed E-state index contributed by atoms with van der Waals surface area (Å²) in [5, 5.41) is 21.0. The van der Waals surface area contributed by atoms with Gasteiger partial charge in [0.15, 0.2) is 0 Å². The molecule has 0 aliphatic heterocycles. The van der Waals surface area contributed by atoms with Crippen LogP contribution in [0.1, 0.15) is 33.7 Å². The first-order valence-corrected chi connectivity index (χ1v) is 16.1. The highest BCUT2D eigenvalue weighted by atomic mass is 15.0. The summed E-state index contributed by atoms with van der Waals surface area (Å²) in [6, 6.07) is 59.9. The Balaban J connectivity index is 1.09. The van der Waals surface area contributed by atoms with E-state index in [1.807, 2.05) is 36.4 Å². The molecule has 0 fully saturated rings. The molecule has 3 heteroatoms. The van der Waals surface area contributed by atoms with Crippen molar-refractivity contribution in [3.8, 4) is 51.2 Å². The largest absolute Gasteiger partial charge is 0.309 e. The summed E-state index contributed by atoms with van der Waals surface area (Å²) in [6.07, 6.45) is 0. The Kier molecular flexibility index (Phi) is 6.32. The van der Waals surface area contributed by atoms with E-state index < -0.39 is 0 Å². The first-order valence-electron chi connectivity index (χ1n) is 16.1. The van der Waals surface area contributed by atoms with E-state index in [-0.39, 0.29) is 5.92 Å². The van der Waals surface area contributed by atoms with E-state index in [1.54, 1.807) is 0 Å². The van der Waals surface area contributed by atoms with E-state index in [0.29, 0.717) is 11.1 Å². The number of para-hydroxylation sites is 1. The van der Waals surface area contributed by atoms with Crippen molar-refractivity contribution in [3.63, 3.8) is 0 Å². The van der Waals surface area contributed by atoms with E-state index in [4.69, 9.17) is 0 Å². The standard InChI is InChI=1S/C45H27N3/c46-27-29-9-13-33(14-10-29)45-40-7-2-1-5-37(40)38-23-19-34(26-42(38)45)31-15-17-32(18-16-31)35-20-24-44-41(25-35)39-6-3-4-8-43(39)48(44)36-21-11-30(28-47)12-22-36/h1-26,45H. The molecule has 1 aromatic heterocycles. The van der Waals surface area contributed by atoms with Gasteiger partial charge in [-0.3, -0.25) is 0 Å². The van der Waals surface area contributed by atoms with Crippen molar-refractivity contribution < 1.29 is 0 Å². The molecule has 0 amide bonds. The number of rotatable bonds is 4. The van der Waals surface area contributed by atoms with Crippen LogP contribution in [-0.4, -0.2) is 4.57 Å². The molecule has 0 N–H and O–H groups in total. The van der Waals surface area contributed by atoms with Gasteiger partial charge in [0.05, 0.1) is 34.3 Å². The van der Waals surface area contributed by atoms with Crippen LogP contribution in [0, 0.1) is 22.7 Å². The SMILES string of the molecule is N#Cc1ccc(C2c3ccccc3-c3ccc(-c4ccc(-c5ccc6c(c5)c5ccccc5n6-c5ccc(C#N)cc5)cc4)cc32)cc1. The molecule has 222 valence electrons. The summed E-state index contributed by atoms with van der Waals surface area (Å²) in [6.45, 7) is 0. The molecule has 0 saturated heterocycles. The fraction of sp³-hybridized carbons (Fsp3) is 0.0222. The number of nitrogens with zero attached hydrogens (tertiary/aromatic N) is 3. The van der Waals surface area contributed by atoms with Crippen molar-refractivity contribution >= 4 is 21.8 Å². The number of fused-ring (bicyclic) bond motifs is 6. The average molecular weight is 610 g/mol. The molecule has 1 aliphatic rings. The van der Waals surface area contributed by atoms with Crippen LogP contribution in [0.25, 0.3) is 60.9 Å². The van der Waals surface area contributed by atoms with Gasteiger partial charge in [-0.1, -0.05) is 97.1 Å². The lowest BCUT2D eigenvalue weighted by Crippen LogP contribution is -1.99. The number of hydrogen-bond acceptors (Lipinski definition) is 2. The minimum Gasteiger partial charge on any atom is -0.309 e. The lowest BCUT2D eigenvalue weighted by molar-refractivity contribution is 1.01. The Labute approximate surface area is 278 Å². The van der Waals surface area contributed by atoms with Crippen LogP contribution in [0.2, 0.25) is 0 Å². The monoisotopic (exact) mass is 609 g/mol. The highest BCUT2D eigenvalue weighted by molar-refractivity contribution is 6.10. The van der Waals surface area contributed by atoms with Gasteiger partial charge in [-0.2, -0.15) is 10.5 Å². The quantitative estimate of drug-likeness (QED) is 0.199. The second-order valence-corrected chi connectivity index (χ2v) is 12.4. The maximum atomic E-state index is 9.35.